The fourth-order valence-corrected chi connectivity index (χ4v) is 10.7. The van der Waals surface area contributed by atoms with E-state index >= 15 is 0 Å². The van der Waals surface area contributed by atoms with Gasteiger partial charge in [-0.1, -0.05) is 302 Å². The number of allylic oxidation sites excluding steroid dienone is 2. The molecule has 8 nitrogen and oxygen atoms in total. The smallest absolute Gasteiger partial charge is 0.391 e. The molecule has 72 heavy (non-hydrogen) atoms. The summed E-state index contributed by atoms with van der Waals surface area (Å²) in [4.78, 5) is 23.4. The Morgan fingerprint density at radius 3 is 1.07 bits per heavy atom. The van der Waals surface area contributed by atoms with Crippen LogP contribution in [0.2, 0.25) is 0 Å². The summed E-state index contributed by atoms with van der Waals surface area (Å²) in [5.41, 5.74) is 0. The molecule has 3 N–H and O–H groups in total. The number of aliphatic hydroxyl groups is 1. The Labute approximate surface area is 450 Å². The first kappa shape index (κ1) is 71.2. The molecule has 0 radical (unpaired) electrons. The van der Waals surface area contributed by atoms with Gasteiger partial charge in [-0.05, 0) is 38.5 Å². The number of aliphatic hydroxyl groups excluding tert-OH is 1. The maximum absolute atomic E-state index is 13.0. The van der Waals surface area contributed by atoms with Gasteiger partial charge in [-0.25, -0.2) is 4.57 Å². The van der Waals surface area contributed by atoms with E-state index in [1.165, 1.54) is 270 Å². The highest BCUT2D eigenvalue weighted by atomic mass is 31.2. The third-order valence-corrected chi connectivity index (χ3v) is 16.0. The van der Waals surface area contributed by atoms with Crippen LogP contribution in [0, 0.1) is 0 Å². The van der Waals surface area contributed by atoms with Crippen molar-refractivity contribution in [3.63, 3.8) is 0 Å². The number of carbonyl (C=O) groups is 1. The molecule has 0 aromatic rings. The highest BCUT2D eigenvalue weighted by Crippen LogP contribution is 2.43. The number of nitrogens with one attached hydrogen (secondary N) is 1. The van der Waals surface area contributed by atoms with E-state index in [0.29, 0.717) is 23.9 Å². The van der Waals surface area contributed by atoms with Crippen LogP contribution in [0.1, 0.15) is 335 Å². The second-order valence-electron chi connectivity index (χ2n) is 23.5. The lowest BCUT2D eigenvalue weighted by Crippen LogP contribution is -2.46. The van der Waals surface area contributed by atoms with Gasteiger partial charge in [0.1, 0.15) is 13.2 Å². The number of nitrogens with zero attached hydrogens (tertiary/aromatic N) is 1. The summed E-state index contributed by atoms with van der Waals surface area (Å²) in [5.74, 6) is -0.137. The fourth-order valence-electron chi connectivity index (χ4n) is 9.99. The molecule has 3 atom stereocenters. The molecular weight excluding hydrogens is 912 g/mol. The second kappa shape index (κ2) is 55.0. The molecule has 0 saturated heterocycles. The van der Waals surface area contributed by atoms with Gasteiger partial charge in [0.2, 0.25) is 5.91 Å². The average molecular weight is 1040 g/mol. The molecule has 0 aromatic heterocycles. The normalized spacial score (nSPS) is 13.8. The zero-order valence-corrected chi connectivity index (χ0v) is 50.1. The van der Waals surface area contributed by atoms with Crippen LogP contribution in [0.5, 0.6) is 0 Å². The van der Waals surface area contributed by atoms with Crippen LogP contribution in [0.3, 0.4) is 0 Å². The first-order chi connectivity index (χ1) is 35.0. The number of likely N-dealkylation sites (N-methyl/N-ethyl adjacent to an activating group) is 1. The van der Waals surface area contributed by atoms with Crippen molar-refractivity contribution in [1.29, 1.82) is 0 Å². The van der Waals surface area contributed by atoms with Gasteiger partial charge >= 0.3 is 7.82 Å². The Morgan fingerprint density at radius 2 is 0.750 bits per heavy atom. The van der Waals surface area contributed by atoms with E-state index < -0.39 is 20.0 Å². The Morgan fingerprint density at radius 1 is 0.458 bits per heavy atom. The van der Waals surface area contributed by atoms with Gasteiger partial charge in [-0.2, -0.15) is 0 Å². The van der Waals surface area contributed by atoms with Crippen molar-refractivity contribution in [2.24, 2.45) is 0 Å². The molecule has 3 unspecified atom stereocenters. The number of hydrogen-bond acceptors (Lipinski definition) is 5. The lowest BCUT2D eigenvalue weighted by Gasteiger charge is -2.26. The molecule has 9 heteroatoms. The number of quaternary nitrogens is 1. The van der Waals surface area contributed by atoms with E-state index in [1.54, 1.807) is 0 Å². The number of amides is 1. The molecule has 0 saturated carbocycles. The topological polar surface area (TPSA) is 105 Å². The number of rotatable bonds is 60. The summed E-state index contributed by atoms with van der Waals surface area (Å²) in [6.45, 7) is 4.95. The third-order valence-electron chi connectivity index (χ3n) is 15.0. The van der Waals surface area contributed by atoms with E-state index in [1.807, 2.05) is 21.1 Å². The van der Waals surface area contributed by atoms with Crippen molar-refractivity contribution >= 4 is 13.7 Å². The van der Waals surface area contributed by atoms with Crippen molar-refractivity contribution in [2.75, 3.05) is 40.9 Å². The summed E-state index contributed by atoms with van der Waals surface area (Å²) < 4.78 is 23.8. The zero-order valence-electron chi connectivity index (χ0n) is 49.2. The highest BCUT2D eigenvalue weighted by Gasteiger charge is 2.28. The minimum absolute atomic E-state index is 0.0779. The van der Waals surface area contributed by atoms with Gasteiger partial charge in [-0.3, -0.25) is 13.8 Å². The van der Waals surface area contributed by atoms with Crippen molar-refractivity contribution in [3.05, 3.63) is 12.2 Å². The first-order valence-corrected chi connectivity index (χ1v) is 33.5. The summed E-state index contributed by atoms with van der Waals surface area (Å²) >= 11 is 0. The Bertz CT molecular complexity index is 1180. The van der Waals surface area contributed by atoms with Crippen molar-refractivity contribution in [3.8, 4) is 0 Å². The minimum atomic E-state index is -4.32. The van der Waals surface area contributed by atoms with Crippen LogP contribution in [-0.4, -0.2) is 73.4 Å². The quantitative estimate of drug-likeness (QED) is 0.0243. The monoisotopic (exact) mass is 1040 g/mol. The SMILES string of the molecule is CCCCCCCCCCCCCC/C=C\CCCCCCCCCCCCCCCCCCC(=O)NC(COP(=O)(O)OCC[N+](C)(C)C)C(O)CCCCCCCCCCCCCCCCCCCC. The largest absolute Gasteiger partial charge is 0.472 e. The molecule has 0 rings (SSSR count). The van der Waals surface area contributed by atoms with Crippen LogP contribution in [-0.2, 0) is 18.4 Å². The predicted molar refractivity (Wildman–Crippen MR) is 314 cm³/mol. The van der Waals surface area contributed by atoms with Gasteiger partial charge in [-0.15, -0.1) is 0 Å². The zero-order chi connectivity index (χ0) is 52.7. The summed E-state index contributed by atoms with van der Waals surface area (Å²) in [5, 5.41) is 14.1. The molecule has 0 aliphatic heterocycles. The maximum atomic E-state index is 13.0. The Kier molecular flexibility index (Phi) is 54.4. The van der Waals surface area contributed by atoms with E-state index in [2.05, 4.69) is 31.3 Å². The van der Waals surface area contributed by atoms with Gasteiger partial charge in [0.15, 0.2) is 0 Å². The van der Waals surface area contributed by atoms with Crippen molar-refractivity contribution < 1.29 is 32.9 Å². The summed E-state index contributed by atoms with van der Waals surface area (Å²) in [6, 6.07) is -0.757. The molecule has 0 spiro atoms. The molecule has 1 amide bonds. The van der Waals surface area contributed by atoms with Crippen LogP contribution >= 0.6 is 7.82 Å². The van der Waals surface area contributed by atoms with E-state index in [4.69, 9.17) is 9.05 Å². The van der Waals surface area contributed by atoms with Crippen LogP contribution in [0.4, 0.5) is 0 Å². The molecule has 0 aliphatic carbocycles. The molecule has 0 bridgehead atoms. The van der Waals surface area contributed by atoms with Crippen LogP contribution in [0.15, 0.2) is 12.2 Å². The standard InChI is InChI=1S/C63H127N2O6P/c1-6-8-10-12-14-16-18-20-22-24-26-27-28-29-30-31-32-33-34-35-36-37-38-39-41-43-45-47-49-51-53-55-57-63(67)64-61(60-71-72(68,69)70-59-58-65(3,4)5)62(66)56-54-52-50-48-46-44-42-40-25-23-21-19-17-15-13-11-9-7-2/h29-30,61-62,66H,6-28,31-60H2,1-5H3,(H-,64,67,68,69)/p+1/b30-29-. The third kappa shape index (κ3) is 57.0. The van der Waals surface area contributed by atoms with E-state index in [-0.39, 0.29) is 19.1 Å². The molecule has 430 valence electrons. The molecule has 0 heterocycles. The lowest BCUT2D eigenvalue weighted by molar-refractivity contribution is -0.870. The number of phosphoric ester groups is 1. The summed E-state index contributed by atoms with van der Waals surface area (Å²) in [6.07, 6.45) is 68.7. The van der Waals surface area contributed by atoms with E-state index in [9.17, 15) is 19.4 Å². The number of hydrogen-bond donors (Lipinski definition) is 3. The molecule has 0 aromatic carbocycles. The number of unbranched alkanes of at least 4 members (excludes halogenated alkanes) is 45. The molecule has 0 aliphatic rings. The van der Waals surface area contributed by atoms with Crippen LogP contribution in [0.25, 0.3) is 0 Å². The predicted octanol–water partition coefficient (Wildman–Crippen LogP) is 19.8. The molecule has 0 fully saturated rings. The summed E-state index contributed by atoms with van der Waals surface area (Å²) in [7, 11) is 1.63. The van der Waals surface area contributed by atoms with Gasteiger partial charge in [0.25, 0.3) is 0 Å². The Hall–Kier alpha value is -0.760. The number of phosphoric acid groups is 1. The fraction of sp³-hybridized carbons (Fsp3) is 0.952. The van der Waals surface area contributed by atoms with Gasteiger partial charge in [0, 0.05) is 6.42 Å². The number of carbonyl (C=O) groups excluding carboxylic acids is 1. The first-order valence-electron chi connectivity index (χ1n) is 32.1. The van der Waals surface area contributed by atoms with E-state index in [0.717, 1.165) is 38.5 Å². The van der Waals surface area contributed by atoms with Crippen molar-refractivity contribution in [1.82, 2.24) is 5.32 Å². The average Bonchev–Trinajstić information content (AvgIpc) is 3.34. The van der Waals surface area contributed by atoms with Crippen LogP contribution < -0.4 is 5.32 Å². The second-order valence-corrected chi connectivity index (χ2v) is 25.0. The van der Waals surface area contributed by atoms with Crippen molar-refractivity contribution in [2.45, 2.75) is 347 Å². The maximum Gasteiger partial charge on any atom is 0.472 e. The minimum Gasteiger partial charge on any atom is -0.391 e. The lowest BCUT2D eigenvalue weighted by atomic mass is 10.0. The van der Waals surface area contributed by atoms with Gasteiger partial charge < -0.3 is 19.8 Å². The Balaban J connectivity index is 3.99. The molecular formula is C63H128N2O6P+. The highest BCUT2D eigenvalue weighted by molar-refractivity contribution is 7.47. The van der Waals surface area contributed by atoms with Gasteiger partial charge in [0.05, 0.1) is 39.9 Å².